The van der Waals surface area contributed by atoms with Gasteiger partial charge in [-0.05, 0) is 94.4 Å². The van der Waals surface area contributed by atoms with E-state index in [9.17, 15) is 0 Å². The van der Waals surface area contributed by atoms with Crippen molar-refractivity contribution in [3.63, 3.8) is 0 Å². The van der Waals surface area contributed by atoms with Crippen molar-refractivity contribution in [1.82, 2.24) is 8.28 Å². The molecule has 3 heterocycles. The first-order valence-electron chi connectivity index (χ1n) is 14.3. The van der Waals surface area contributed by atoms with Crippen LogP contribution in [0.25, 0.3) is 49.0 Å². The molecule has 6 aromatic rings. The van der Waals surface area contributed by atoms with Crippen LogP contribution in [0.5, 0.6) is 0 Å². The third-order valence-electron chi connectivity index (χ3n) is 8.93. The maximum absolute atomic E-state index is 16.5. The van der Waals surface area contributed by atoms with Crippen molar-refractivity contribution in [3.05, 3.63) is 137 Å². The number of hydrogen-bond donors (Lipinski definition) is 0. The van der Waals surface area contributed by atoms with Gasteiger partial charge in [0.05, 0.1) is 17.4 Å². The number of hydrogen-bond acceptors (Lipinski definition) is 1. The summed E-state index contributed by atoms with van der Waals surface area (Å²) in [7, 11) is 0. The van der Waals surface area contributed by atoms with E-state index >= 15 is 7.77 Å². The summed E-state index contributed by atoms with van der Waals surface area (Å²) in [6.07, 6.45) is 1.99. The number of fused-ring (bicyclic) bond motifs is 5. The van der Waals surface area contributed by atoms with Crippen LogP contribution in [0.2, 0.25) is 0 Å². The number of halogens is 2. The van der Waals surface area contributed by atoms with E-state index in [2.05, 4.69) is 91.0 Å². The molecule has 0 aliphatic carbocycles. The standard InChI is InChI=1S/C37H30F2N2S/c1-22-19-24(3)40-36(22)35(37-23(2)20-25(4)41(37)42(40,38)39)34-31-15-9-7-13-29(31)33(30-14-8-10-16-32(30)34)28-18-17-26-11-5-6-12-27(26)21-28/h5-21,24H,1-4H3. The molecule has 208 valence electrons. The Bertz CT molecular complexity index is 2130. The number of benzene rings is 5. The minimum absolute atomic E-state index is 0.398. The Kier molecular flexibility index (Phi) is 5.33. The molecule has 1 aromatic heterocycles. The zero-order chi connectivity index (χ0) is 28.9. The largest absolute Gasteiger partial charge is 0.262 e. The monoisotopic (exact) mass is 572 g/mol. The van der Waals surface area contributed by atoms with Crippen LogP contribution in [0.4, 0.5) is 7.77 Å². The summed E-state index contributed by atoms with van der Waals surface area (Å²) in [6.45, 7) is 7.64. The summed E-state index contributed by atoms with van der Waals surface area (Å²) in [6, 6.07) is 33.6. The third-order valence-corrected chi connectivity index (χ3v) is 10.8. The number of rotatable bonds is 2. The maximum atomic E-state index is 16.5. The van der Waals surface area contributed by atoms with Gasteiger partial charge in [-0.25, -0.2) is 3.97 Å². The van der Waals surface area contributed by atoms with E-state index in [-0.39, 0.29) is 0 Å². The molecule has 1 unspecified atom stereocenters. The Hall–Kier alpha value is -4.35. The van der Waals surface area contributed by atoms with Gasteiger partial charge in [-0.1, -0.05) is 91.0 Å². The van der Waals surface area contributed by atoms with Crippen LogP contribution in [0.3, 0.4) is 0 Å². The van der Waals surface area contributed by atoms with Crippen molar-refractivity contribution in [2.45, 2.75) is 33.7 Å². The second kappa shape index (κ2) is 8.83. The quantitative estimate of drug-likeness (QED) is 0.187. The molecule has 0 bridgehead atoms. The lowest BCUT2D eigenvalue weighted by Crippen LogP contribution is -2.34. The fourth-order valence-electron chi connectivity index (χ4n) is 7.35. The Labute approximate surface area is 246 Å². The molecule has 0 N–H and O–H groups in total. The maximum Gasteiger partial charge on any atom is 0.235 e. The van der Waals surface area contributed by atoms with Crippen molar-refractivity contribution >= 4 is 49.1 Å². The van der Waals surface area contributed by atoms with Gasteiger partial charge in [0.2, 0.25) is 11.2 Å². The molecule has 8 rings (SSSR count). The highest BCUT2D eigenvalue weighted by Gasteiger charge is 2.49. The first kappa shape index (κ1) is 25.4. The van der Waals surface area contributed by atoms with E-state index in [0.717, 1.165) is 49.4 Å². The first-order chi connectivity index (χ1) is 20.3. The predicted molar refractivity (Wildman–Crippen MR) is 175 cm³/mol. The highest BCUT2D eigenvalue weighted by molar-refractivity contribution is 8.22. The zero-order valence-electron chi connectivity index (χ0n) is 24.0. The average molecular weight is 573 g/mol. The van der Waals surface area contributed by atoms with Crippen LogP contribution < -0.4 is 0 Å². The van der Waals surface area contributed by atoms with E-state index in [1.807, 2.05) is 32.9 Å². The van der Waals surface area contributed by atoms with Crippen molar-refractivity contribution in [3.8, 4) is 11.1 Å². The Balaban J connectivity index is 1.56. The first-order valence-corrected chi connectivity index (χ1v) is 15.7. The van der Waals surface area contributed by atoms with Crippen molar-refractivity contribution in [1.29, 1.82) is 0 Å². The summed E-state index contributed by atoms with van der Waals surface area (Å²) in [5.74, 6) is 0. The van der Waals surface area contributed by atoms with Gasteiger partial charge in [-0.15, -0.1) is 7.77 Å². The lowest BCUT2D eigenvalue weighted by molar-refractivity contribution is 0.463. The normalized spacial score (nSPS) is 18.5. The molecule has 1 atom stereocenters. The SMILES string of the molecule is CC1=CC(C)N2C1=C(c1c3ccccc3c(-c3ccc4ccccc4c3)c3ccccc13)c1c(C)cc(C)n1S2(F)F. The summed E-state index contributed by atoms with van der Waals surface area (Å²) in [5.41, 5.74) is 7.89. The van der Waals surface area contributed by atoms with E-state index in [4.69, 9.17) is 0 Å². The Morgan fingerprint density at radius 2 is 1.24 bits per heavy atom. The number of aryl methyl sites for hydroxylation is 2. The smallest absolute Gasteiger partial charge is 0.235 e. The van der Waals surface area contributed by atoms with Crippen molar-refractivity contribution in [2.75, 3.05) is 0 Å². The van der Waals surface area contributed by atoms with Crippen LogP contribution in [-0.2, 0) is 0 Å². The van der Waals surface area contributed by atoms with Gasteiger partial charge in [0.25, 0.3) is 0 Å². The fourth-order valence-corrected chi connectivity index (χ4v) is 9.30. The van der Waals surface area contributed by atoms with Gasteiger partial charge in [-0.3, -0.25) is 4.31 Å². The molecule has 0 radical (unpaired) electrons. The van der Waals surface area contributed by atoms with Gasteiger partial charge < -0.3 is 0 Å². The molecule has 2 aliphatic rings. The minimum Gasteiger partial charge on any atom is -0.262 e. The minimum atomic E-state index is -4.29. The van der Waals surface area contributed by atoms with E-state index in [0.29, 0.717) is 17.1 Å². The molecule has 0 fully saturated rings. The van der Waals surface area contributed by atoms with Crippen molar-refractivity contribution < 1.29 is 7.77 Å². The van der Waals surface area contributed by atoms with Gasteiger partial charge in [0.15, 0.2) is 0 Å². The van der Waals surface area contributed by atoms with Crippen LogP contribution in [0, 0.1) is 13.8 Å². The molecule has 0 amide bonds. The molecule has 2 nitrogen and oxygen atoms in total. The molecule has 2 aliphatic heterocycles. The Morgan fingerprint density at radius 3 is 1.88 bits per heavy atom. The second-order valence-electron chi connectivity index (χ2n) is 11.6. The number of aromatic nitrogens is 1. The van der Waals surface area contributed by atoms with Gasteiger partial charge in [0, 0.05) is 16.8 Å². The van der Waals surface area contributed by atoms with Crippen LogP contribution >= 0.6 is 11.2 Å². The van der Waals surface area contributed by atoms with Crippen molar-refractivity contribution in [2.24, 2.45) is 0 Å². The average Bonchev–Trinajstić information content (AvgIpc) is 3.46. The second-order valence-corrected chi connectivity index (χ2v) is 13.2. The summed E-state index contributed by atoms with van der Waals surface area (Å²) >= 11 is -4.29. The molecule has 5 heteroatoms. The highest BCUT2D eigenvalue weighted by atomic mass is 32.3. The third kappa shape index (κ3) is 3.31. The van der Waals surface area contributed by atoms with E-state index in [1.165, 1.54) is 24.6 Å². The summed E-state index contributed by atoms with van der Waals surface area (Å²) in [5, 5.41) is 6.76. The number of allylic oxidation sites excluding steroid dienone is 1. The highest BCUT2D eigenvalue weighted by Crippen LogP contribution is 2.68. The molecule has 0 saturated carbocycles. The lowest BCUT2D eigenvalue weighted by atomic mass is 9.83. The van der Waals surface area contributed by atoms with Crippen LogP contribution in [0.15, 0.2) is 114 Å². The molecular formula is C37H30F2N2S. The predicted octanol–water partition coefficient (Wildman–Crippen LogP) is 10.9. The van der Waals surface area contributed by atoms with Gasteiger partial charge in [0.1, 0.15) is 0 Å². The topological polar surface area (TPSA) is 8.17 Å². The van der Waals surface area contributed by atoms with Crippen LogP contribution in [0.1, 0.15) is 36.4 Å². The Morgan fingerprint density at radius 1 is 0.667 bits per heavy atom. The molecule has 5 aromatic carbocycles. The fraction of sp³-hybridized carbons (Fsp3) is 0.135. The van der Waals surface area contributed by atoms with E-state index < -0.39 is 17.2 Å². The van der Waals surface area contributed by atoms with E-state index in [1.54, 1.807) is 6.92 Å². The molecular weight excluding hydrogens is 542 g/mol. The van der Waals surface area contributed by atoms with Crippen LogP contribution in [-0.4, -0.2) is 14.3 Å². The summed E-state index contributed by atoms with van der Waals surface area (Å²) < 4.78 is 35.7. The number of nitrogens with zero attached hydrogens (tertiary/aromatic N) is 2. The molecule has 42 heavy (non-hydrogen) atoms. The molecule has 0 spiro atoms. The molecule has 0 saturated heterocycles. The lowest BCUT2D eigenvalue weighted by Gasteiger charge is -2.44. The summed E-state index contributed by atoms with van der Waals surface area (Å²) in [4.78, 5) is 0. The van der Waals surface area contributed by atoms with Gasteiger partial charge in [-0.2, -0.15) is 0 Å². The zero-order valence-corrected chi connectivity index (χ0v) is 24.8. The van der Waals surface area contributed by atoms with Gasteiger partial charge >= 0.3 is 0 Å².